The zero-order valence-electron chi connectivity index (χ0n) is 17.9. The van der Waals surface area contributed by atoms with Crippen molar-refractivity contribution in [1.29, 1.82) is 0 Å². The van der Waals surface area contributed by atoms with Crippen molar-refractivity contribution in [3.63, 3.8) is 0 Å². The van der Waals surface area contributed by atoms with E-state index in [1.165, 1.54) is 12.1 Å². The molecule has 6 nitrogen and oxygen atoms in total. The van der Waals surface area contributed by atoms with Crippen molar-refractivity contribution in [1.82, 2.24) is 4.98 Å². The third-order valence-corrected chi connectivity index (χ3v) is 5.23. The number of nitrogens with zero attached hydrogens (tertiary/aromatic N) is 1. The molecule has 4 aromatic rings. The van der Waals surface area contributed by atoms with E-state index in [9.17, 15) is 9.18 Å². The smallest absolute Gasteiger partial charge is 0.228 e. The molecule has 33 heavy (non-hydrogen) atoms. The minimum atomic E-state index is -0.553. The summed E-state index contributed by atoms with van der Waals surface area (Å²) in [5.41, 5.74) is 1.83. The number of ether oxygens (including phenoxy) is 3. The number of pyridine rings is 1. The second kappa shape index (κ2) is 9.75. The van der Waals surface area contributed by atoms with E-state index in [4.69, 9.17) is 25.8 Å². The number of carbonyl (C=O) groups is 1. The number of halogens is 2. The fourth-order valence-corrected chi connectivity index (χ4v) is 3.43. The molecule has 0 bridgehead atoms. The predicted octanol–water partition coefficient (Wildman–Crippen LogP) is 6.02. The molecule has 0 radical (unpaired) electrons. The Hall–Kier alpha value is -3.84. The number of aromatic nitrogens is 1. The Kier molecular flexibility index (Phi) is 6.60. The van der Waals surface area contributed by atoms with Crippen molar-refractivity contribution in [2.75, 3.05) is 19.5 Å². The van der Waals surface area contributed by atoms with Crippen molar-refractivity contribution in [3.8, 4) is 23.0 Å². The van der Waals surface area contributed by atoms with Gasteiger partial charge in [-0.25, -0.2) is 4.39 Å². The lowest BCUT2D eigenvalue weighted by atomic mass is 10.1. The van der Waals surface area contributed by atoms with Crippen LogP contribution in [0.4, 0.5) is 10.1 Å². The van der Waals surface area contributed by atoms with Gasteiger partial charge in [-0.3, -0.25) is 9.78 Å². The van der Waals surface area contributed by atoms with Crippen molar-refractivity contribution < 1.29 is 23.4 Å². The van der Waals surface area contributed by atoms with Gasteiger partial charge in [-0.2, -0.15) is 0 Å². The molecule has 0 fully saturated rings. The molecular formula is C25H20ClFN2O4. The zero-order valence-corrected chi connectivity index (χ0v) is 18.7. The predicted molar refractivity (Wildman–Crippen MR) is 125 cm³/mol. The van der Waals surface area contributed by atoms with E-state index < -0.39 is 5.82 Å². The molecule has 0 aliphatic carbocycles. The minimum absolute atomic E-state index is 0.0225. The molecule has 0 aliphatic heterocycles. The normalized spacial score (nSPS) is 10.7. The Labute approximate surface area is 194 Å². The van der Waals surface area contributed by atoms with Crippen LogP contribution in [0.25, 0.3) is 10.9 Å². The second-order valence-corrected chi connectivity index (χ2v) is 7.54. The zero-order chi connectivity index (χ0) is 23.4. The van der Waals surface area contributed by atoms with Gasteiger partial charge in [0.15, 0.2) is 11.5 Å². The SMILES string of the molecule is COc1cc2nccc(Oc3ccc(NC(=O)Cc4ccc(Cl)c(F)c4)cc3)c2cc1OC. The number of nitrogens with one attached hydrogen (secondary N) is 1. The molecule has 0 atom stereocenters. The molecule has 1 heterocycles. The molecule has 1 amide bonds. The van der Waals surface area contributed by atoms with Crippen LogP contribution in [0, 0.1) is 5.82 Å². The molecule has 168 valence electrons. The molecule has 0 aliphatic rings. The highest BCUT2D eigenvalue weighted by molar-refractivity contribution is 6.30. The van der Waals surface area contributed by atoms with Crippen molar-refractivity contribution >= 4 is 34.1 Å². The third-order valence-electron chi connectivity index (χ3n) is 4.92. The number of rotatable bonds is 7. The van der Waals surface area contributed by atoms with Crippen LogP contribution in [0.15, 0.2) is 66.9 Å². The van der Waals surface area contributed by atoms with Crippen molar-refractivity contribution in [2.24, 2.45) is 0 Å². The maximum absolute atomic E-state index is 13.6. The standard InChI is InChI=1S/C25H20ClFN2O4/c1-31-23-13-18-21(14-24(23)32-2)28-10-9-22(18)33-17-6-4-16(5-7-17)29-25(30)12-15-3-8-19(26)20(27)11-15/h3-11,13-14H,12H2,1-2H3,(H,29,30). The van der Waals surface area contributed by atoms with Crippen LogP contribution in [0.2, 0.25) is 5.02 Å². The molecule has 8 heteroatoms. The Balaban J connectivity index is 1.47. The molecule has 0 saturated carbocycles. The summed E-state index contributed by atoms with van der Waals surface area (Å²) in [4.78, 5) is 16.7. The number of fused-ring (bicyclic) bond motifs is 1. The summed E-state index contributed by atoms with van der Waals surface area (Å²) < 4.78 is 30.3. The van der Waals surface area contributed by atoms with Gasteiger partial charge in [-0.15, -0.1) is 0 Å². The summed E-state index contributed by atoms with van der Waals surface area (Å²) in [7, 11) is 3.13. The van der Waals surface area contributed by atoms with Crippen LogP contribution < -0.4 is 19.5 Å². The first-order chi connectivity index (χ1) is 16.0. The highest BCUT2D eigenvalue weighted by Gasteiger charge is 2.12. The molecular weight excluding hydrogens is 447 g/mol. The first kappa shape index (κ1) is 22.4. The van der Waals surface area contributed by atoms with Gasteiger partial charge < -0.3 is 19.5 Å². The van der Waals surface area contributed by atoms with E-state index in [0.29, 0.717) is 39.8 Å². The fourth-order valence-electron chi connectivity index (χ4n) is 3.31. The van der Waals surface area contributed by atoms with Crippen LogP contribution in [0.1, 0.15) is 5.56 Å². The summed E-state index contributed by atoms with van der Waals surface area (Å²) in [5, 5.41) is 3.57. The molecule has 0 unspecified atom stereocenters. The van der Waals surface area contributed by atoms with Crippen LogP contribution in [-0.4, -0.2) is 25.1 Å². The Bertz CT molecular complexity index is 1310. The average Bonchev–Trinajstić information content (AvgIpc) is 2.82. The first-order valence-electron chi connectivity index (χ1n) is 9.99. The van der Waals surface area contributed by atoms with Gasteiger partial charge >= 0.3 is 0 Å². The van der Waals surface area contributed by atoms with Gasteiger partial charge in [0.1, 0.15) is 17.3 Å². The number of hydrogen-bond acceptors (Lipinski definition) is 5. The lowest BCUT2D eigenvalue weighted by Crippen LogP contribution is -2.14. The molecule has 0 spiro atoms. The monoisotopic (exact) mass is 466 g/mol. The Morgan fingerprint density at radius 3 is 2.39 bits per heavy atom. The molecule has 4 rings (SSSR count). The van der Waals surface area contributed by atoms with E-state index >= 15 is 0 Å². The van der Waals surface area contributed by atoms with E-state index in [0.717, 1.165) is 5.39 Å². The van der Waals surface area contributed by atoms with Gasteiger partial charge in [0, 0.05) is 23.3 Å². The van der Waals surface area contributed by atoms with E-state index in [-0.39, 0.29) is 17.4 Å². The maximum atomic E-state index is 13.6. The van der Waals surface area contributed by atoms with Crippen molar-refractivity contribution in [2.45, 2.75) is 6.42 Å². The average molecular weight is 467 g/mol. The van der Waals surface area contributed by atoms with Crippen LogP contribution in [-0.2, 0) is 11.2 Å². The van der Waals surface area contributed by atoms with Gasteiger partial charge in [0.2, 0.25) is 5.91 Å². The Morgan fingerprint density at radius 1 is 0.970 bits per heavy atom. The lowest BCUT2D eigenvalue weighted by Gasteiger charge is -2.12. The summed E-state index contributed by atoms with van der Waals surface area (Å²) in [6, 6.07) is 16.6. The van der Waals surface area contributed by atoms with Gasteiger partial charge in [0.05, 0.1) is 31.2 Å². The number of methoxy groups -OCH3 is 2. The third kappa shape index (κ3) is 5.15. The lowest BCUT2D eigenvalue weighted by molar-refractivity contribution is -0.115. The molecule has 1 N–H and O–H groups in total. The molecule has 3 aromatic carbocycles. The largest absolute Gasteiger partial charge is 0.493 e. The number of hydrogen-bond donors (Lipinski definition) is 1. The quantitative estimate of drug-likeness (QED) is 0.361. The van der Waals surface area contributed by atoms with Gasteiger partial charge in [0.25, 0.3) is 0 Å². The van der Waals surface area contributed by atoms with E-state index in [1.54, 1.807) is 62.9 Å². The number of benzene rings is 3. The first-order valence-corrected chi connectivity index (χ1v) is 10.4. The second-order valence-electron chi connectivity index (χ2n) is 7.13. The molecule has 0 saturated heterocycles. The highest BCUT2D eigenvalue weighted by atomic mass is 35.5. The summed E-state index contributed by atoms with van der Waals surface area (Å²) >= 11 is 5.68. The van der Waals surface area contributed by atoms with E-state index in [1.807, 2.05) is 6.07 Å². The number of carbonyl (C=O) groups excluding carboxylic acids is 1. The molecule has 1 aromatic heterocycles. The summed E-state index contributed by atoms with van der Waals surface area (Å²) in [6.45, 7) is 0. The van der Waals surface area contributed by atoms with E-state index in [2.05, 4.69) is 10.3 Å². The number of anilines is 1. The van der Waals surface area contributed by atoms with Crippen LogP contribution in [0.5, 0.6) is 23.0 Å². The maximum Gasteiger partial charge on any atom is 0.228 e. The number of amides is 1. The van der Waals surface area contributed by atoms with Gasteiger partial charge in [-0.1, -0.05) is 17.7 Å². The highest BCUT2D eigenvalue weighted by Crippen LogP contribution is 2.37. The summed E-state index contributed by atoms with van der Waals surface area (Å²) in [5.74, 6) is 1.50. The van der Waals surface area contributed by atoms with Crippen LogP contribution in [0.3, 0.4) is 0 Å². The topological polar surface area (TPSA) is 69.7 Å². The van der Waals surface area contributed by atoms with Gasteiger partial charge in [-0.05, 0) is 54.1 Å². The fraction of sp³-hybridized carbons (Fsp3) is 0.120. The minimum Gasteiger partial charge on any atom is -0.493 e. The summed E-state index contributed by atoms with van der Waals surface area (Å²) in [6.07, 6.45) is 1.68. The van der Waals surface area contributed by atoms with Crippen LogP contribution >= 0.6 is 11.6 Å². The Morgan fingerprint density at radius 2 is 1.70 bits per heavy atom. The van der Waals surface area contributed by atoms with Crippen molar-refractivity contribution in [3.05, 3.63) is 83.3 Å².